The van der Waals surface area contributed by atoms with Gasteiger partial charge in [-0.15, -0.1) is 0 Å². The van der Waals surface area contributed by atoms with Gasteiger partial charge in [-0.05, 0) is 50.0 Å². The van der Waals surface area contributed by atoms with Crippen molar-refractivity contribution in [1.29, 1.82) is 0 Å². The molecule has 0 saturated carbocycles. The fourth-order valence-corrected chi connectivity index (χ4v) is 2.70. The van der Waals surface area contributed by atoms with E-state index >= 15 is 0 Å². The number of nitrogens with zero attached hydrogens (tertiary/aromatic N) is 1. The van der Waals surface area contributed by atoms with E-state index in [0.717, 1.165) is 12.5 Å². The minimum atomic E-state index is -0.718. The molecule has 2 amide bonds. The summed E-state index contributed by atoms with van der Waals surface area (Å²) in [6, 6.07) is 6.97. The molecular weight excluding hydrogens is 346 g/mol. The second kappa shape index (κ2) is 8.66. The Morgan fingerprint density at radius 3 is 2.26 bits per heavy atom. The highest BCUT2D eigenvalue weighted by atomic mass is 16.7. The molecule has 0 bridgehead atoms. The predicted molar refractivity (Wildman–Crippen MR) is 101 cm³/mol. The molecule has 0 N–H and O–H groups in total. The molecule has 1 unspecified atom stereocenters. The summed E-state index contributed by atoms with van der Waals surface area (Å²) in [5.41, 5.74) is 2.39. The molecule has 0 radical (unpaired) electrons. The van der Waals surface area contributed by atoms with E-state index in [9.17, 15) is 14.4 Å². The standard InChI is InChI=1S/C21H25NO5/c1-6-14(4)18-19(21(25)22(20(18)24)27-15(5)23)16-7-9-17(10-8-16)26-12-11-13(2)3/h7-11,14H,6,12H2,1-5H3. The Morgan fingerprint density at radius 1 is 1.11 bits per heavy atom. The monoisotopic (exact) mass is 371 g/mol. The lowest BCUT2D eigenvalue weighted by atomic mass is 9.91. The first-order valence-corrected chi connectivity index (χ1v) is 8.94. The maximum absolute atomic E-state index is 12.7. The molecular formula is C21H25NO5. The number of hydroxylamine groups is 2. The van der Waals surface area contributed by atoms with Crippen molar-refractivity contribution in [1.82, 2.24) is 5.06 Å². The number of hydrogen-bond acceptors (Lipinski definition) is 5. The first-order valence-electron chi connectivity index (χ1n) is 8.94. The van der Waals surface area contributed by atoms with Crippen LogP contribution in [0.1, 0.15) is 46.6 Å². The van der Waals surface area contributed by atoms with Gasteiger partial charge < -0.3 is 9.57 Å². The first kappa shape index (κ1) is 20.4. The SMILES string of the molecule is CCC(C)C1=C(c2ccc(OCC=C(C)C)cc2)C(=O)N(OC(C)=O)C1=O. The average Bonchev–Trinajstić information content (AvgIpc) is 2.85. The minimum Gasteiger partial charge on any atom is -0.490 e. The van der Waals surface area contributed by atoms with Gasteiger partial charge in [-0.25, -0.2) is 4.79 Å². The molecule has 6 nitrogen and oxygen atoms in total. The van der Waals surface area contributed by atoms with Crippen LogP contribution in [0.25, 0.3) is 5.57 Å². The van der Waals surface area contributed by atoms with E-state index in [1.165, 1.54) is 0 Å². The zero-order valence-electron chi connectivity index (χ0n) is 16.4. The summed E-state index contributed by atoms with van der Waals surface area (Å²) in [5, 5.41) is 0.554. The van der Waals surface area contributed by atoms with Crippen LogP contribution < -0.4 is 4.74 Å². The molecule has 1 heterocycles. The van der Waals surface area contributed by atoms with E-state index in [4.69, 9.17) is 9.57 Å². The third kappa shape index (κ3) is 4.64. The van der Waals surface area contributed by atoms with Crippen molar-refractivity contribution in [3.05, 3.63) is 47.1 Å². The fourth-order valence-electron chi connectivity index (χ4n) is 2.70. The molecule has 0 saturated heterocycles. The van der Waals surface area contributed by atoms with Crippen molar-refractivity contribution in [2.45, 2.75) is 41.0 Å². The molecule has 0 aromatic heterocycles. The highest BCUT2D eigenvalue weighted by Crippen LogP contribution is 2.35. The number of hydrogen-bond donors (Lipinski definition) is 0. The van der Waals surface area contributed by atoms with Gasteiger partial charge in [0.1, 0.15) is 12.4 Å². The van der Waals surface area contributed by atoms with Gasteiger partial charge in [0.2, 0.25) is 0 Å². The normalized spacial score (nSPS) is 15.1. The summed E-state index contributed by atoms with van der Waals surface area (Å²) in [7, 11) is 0. The van der Waals surface area contributed by atoms with E-state index in [1.54, 1.807) is 24.3 Å². The summed E-state index contributed by atoms with van der Waals surface area (Å²) in [6.07, 6.45) is 2.64. The maximum atomic E-state index is 12.7. The van der Waals surface area contributed by atoms with Crippen molar-refractivity contribution in [3.8, 4) is 5.75 Å². The van der Waals surface area contributed by atoms with E-state index in [1.807, 2.05) is 33.8 Å². The summed E-state index contributed by atoms with van der Waals surface area (Å²) in [5.74, 6) is -1.40. The van der Waals surface area contributed by atoms with E-state index in [0.29, 0.717) is 35.0 Å². The van der Waals surface area contributed by atoms with Crippen molar-refractivity contribution in [2.75, 3.05) is 6.61 Å². The van der Waals surface area contributed by atoms with Crippen LogP contribution >= 0.6 is 0 Å². The van der Waals surface area contributed by atoms with Gasteiger partial charge in [-0.3, -0.25) is 9.59 Å². The molecule has 1 aliphatic rings. The quantitative estimate of drug-likeness (QED) is 0.540. The van der Waals surface area contributed by atoms with Crippen molar-refractivity contribution in [3.63, 3.8) is 0 Å². The lowest BCUT2D eigenvalue weighted by Gasteiger charge is -2.13. The second-order valence-corrected chi connectivity index (χ2v) is 6.70. The molecule has 1 aromatic carbocycles. The summed E-state index contributed by atoms with van der Waals surface area (Å²) >= 11 is 0. The van der Waals surface area contributed by atoms with Gasteiger partial charge in [-0.2, -0.15) is 0 Å². The Bertz CT molecular complexity index is 800. The van der Waals surface area contributed by atoms with E-state index < -0.39 is 17.8 Å². The van der Waals surface area contributed by atoms with Gasteiger partial charge in [0, 0.05) is 12.5 Å². The van der Waals surface area contributed by atoms with E-state index in [-0.39, 0.29) is 11.5 Å². The zero-order chi connectivity index (χ0) is 20.1. The number of carbonyl (C=O) groups excluding carboxylic acids is 3. The predicted octanol–water partition coefficient (Wildman–Crippen LogP) is 3.68. The van der Waals surface area contributed by atoms with Gasteiger partial charge in [0.25, 0.3) is 11.8 Å². The molecule has 0 fully saturated rings. The molecule has 0 spiro atoms. The third-order valence-electron chi connectivity index (χ3n) is 4.29. The largest absolute Gasteiger partial charge is 0.490 e. The molecule has 0 aliphatic carbocycles. The number of ether oxygens (including phenoxy) is 1. The minimum absolute atomic E-state index is 0.148. The number of benzene rings is 1. The number of carbonyl (C=O) groups is 3. The van der Waals surface area contributed by atoms with Crippen molar-refractivity contribution in [2.24, 2.45) is 5.92 Å². The van der Waals surface area contributed by atoms with Crippen LogP contribution in [0.2, 0.25) is 0 Å². The molecule has 144 valence electrons. The van der Waals surface area contributed by atoms with Crippen LogP contribution in [-0.2, 0) is 19.2 Å². The Morgan fingerprint density at radius 2 is 1.74 bits per heavy atom. The highest BCUT2D eigenvalue weighted by Gasteiger charge is 2.43. The Balaban J connectivity index is 2.35. The topological polar surface area (TPSA) is 72.9 Å². The van der Waals surface area contributed by atoms with Crippen LogP contribution in [0.5, 0.6) is 5.75 Å². The van der Waals surface area contributed by atoms with Gasteiger partial charge >= 0.3 is 5.97 Å². The Labute approximate surface area is 159 Å². The lowest BCUT2D eigenvalue weighted by molar-refractivity contribution is -0.194. The first-order chi connectivity index (χ1) is 12.8. The molecule has 6 heteroatoms. The Kier molecular flexibility index (Phi) is 6.55. The Hall–Kier alpha value is -2.89. The number of imide groups is 1. The molecule has 1 atom stereocenters. The summed E-state index contributed by atoms with van der Waals surface area (Å²) in [4.78, 5) is 41.5. The van der Waals surface area contributed by atoms with E-state index in [2.05, 4.69) is 0 Å². The van der Waals surface area contributed by atoms with Crippen LogP contribution in [0.4, 0.5) is 0 Å². The molecule has 1 aliphatic heterocycles. The number of amides is 2. The smallest absolute Gasteiger partial charge is 0.330 e. The molecule has 1 aromatic rings. The number of allylic oxidation sites excluding steroid dienone is 1. The average molecular weight is 371 g/mol. The van der Waals surface area contributed by atoms with Crippen LogP contribution in [-0.4, -0.2) is 29.5 Å². The number of rotatable bonds is 7. The highest BCUT2D eigenvalue weighted by molar-refractivity contribution is 6.35. The maximum Gasteiger partial charge on any atom is 0.330 e. The molecule has 2 rings (SSSR count). The van der Waals surface area contributed by atoms with Crippen LogP contribution in [0, 0.1) is 5.92 Å². The lowest BCUT2D eigenvalue weighted by Crippen LogP contribution is -2.34. The van der Waals surface area contributed by atoms with Gasteiger partial charge in [0.15, 0.2) is 0 Å². The van der Waals surface area contributed by atoms with Gasteiger partial charge in [0.05, 0.1) is 5.57 Å². The van der Waals surface area contributed by atoms with Crippen molar-refractivity contribution < 1.29 is 24.0 Å². The van der Waals surface area contributed by atoms with Crippen LogP contribution in [0.15, 0.2) is 41.5 Å². The van der Waals surface area contributed by atoms with Gasteiger partial charge in [-0.1, -0.05) is 36.6 Å². The van der Waals surface area contributed by atoms with Crippen LogP contribution in [0.3, 0.4) is 0 Å². The summed E-state index contributed by atoms with van der Waals surface area (Å²) in [6.45, 7) is 9.40. The zero-order valence-corrected chi connectivity index (χ0v) is 16.4. The third-order valence-corrected chi connectivity index (χ3v) is 4.29. The second-order valence-electron chi connectivity index (χ2n) is 6.70. The summed E-state index contributed by atoms with van der Waals surface area (Å²) < 4.78 is 5.63. The van der Waals surface area contributed by atoms with Crippen molar-refractivity contribution >= 4 is 23.4 Å². The fraction of sp³-hybridized carbons (Fsp3) is 0.381. The molecule has 27 heavy (non-hydrogen) atoms.